The van der Waals surface area contributed by atoms with Crippen LogP contribution < -0.4 is 5.32 Å². The predicted octanol–water partition coefficient (Wildman–Crippen LogP) is 3.25. The van der Waals surface area contributed by atoms with E-state index >= 15 is 0 Å². The topological polar surface area (TPSA) is 60.1 Å². The van der Waals surface area contributed by atoms with Crippen LogP contribution in [0, 0.1) is 11.6 Å². The molecule has 3 rings (SSSR count). The van der Waals surface area contributed by atoms with Gasteiger partial charge in [0.1, 0.15) is 17.4 Å². The largest absolute Gasteiger partial charge is 0.464 e. The molecule has 7 heteroatoms. The molecule has 0 aliphatic rings. The van der Waals surface area contributed by atoms with Gasteiger partial charge in [0.05, 0.1) is 24.6 Å². The first-order valence-electron chi connectivity index (χ1n) is 7.59. The summed E-state index contributed by atoms with van der Waals surface area (Å²) >= 11 is 0. The second kappa shape index (κ2) is 7.57. The van der Waals surface area contributed by atoms with Gasteiger partial charge in [0.2, 0.25) is 5.91 Å². The molecular weight excluding hydrogens is 328 g/mol. The first kappa shape index (κ1) is 16.6. The van der Waals surface area contributed by atoms with E-state index in [1.54, 1.807) is 23.2 Å². The quantitative estimate of drug-likeness (QED) is 0.699. The van der Waals surface area contributed by atoms with Gasteiger partial charge in [0.25, 0.3) is 0 Å². The van der Waals surface area contributed by atoms with E-state index in [-0.39, 0.29) is 5.56 Å². The molecular formula is C18H15F2N3O2. The highest BCUT2D eigenvalue weighted by Gasteiger charge is 2.05. The molecule has 0 aliphatic heterocycles. The lowest BCUT2D eigenvalue weighted by molar-refractivity contribution is -0.116. The molecule has 0 aliphatic carbocycles. The predicted molar refractivity (Wildman–Crippen MR) is 88.3 cm³/mol. The summed E-state index contributed by atoms with van der Waals surface area (Å²) in [4.78, 5) is 11.7. The van der Waals surface area contributed by atoms with Crippen LogP contribution in [-0.2, 0) is 11.3 Å². The van der Waals surface area contributed by atoms with Crippen molar-refractivity contribution in [2.75, 3.05) is 6.54 Å². The van der Waals surface area contributed by atoms with E-state index in [1.165, 1.54) is 6.08 Å². The standard InChI is InChI=1S/C18H15F2N3O2/c19-15-4-5-16(20)13(10-15)3-6-18(24)21-7-8-23-12-14(11-22-23)17-2-1-9-25-17/h1-6,9-12H,7-8H2,(H,21,24). The lowest BCUT2D eigenvalue weighted by Gasteiger charge is -2.02. The van der Waals surface area contributed by atoms with E-state index in [4.69, 9.17) is 4.42 Å². The summed E-state index contributed by atoms with van der Waals surface area (Å²) in [7, 11) is 0. The SMILES string of the molecule is O=C(C=Cc1cc(F)ccc1F)NCCn1cc(-c2ccco2)cn1. The van der Waals surface area contributed by atoms with Crippen LogP contribution in [0.5, 0.6) is 0 Å². The van der Waals surface area contributed by atoms with Crippen molar-refractivity contribution in [3.8, 4) is 11.3 Å². The number of furan rings is 1. The van der Waals surface area contributed by atoms with E-state index in [0.717, 1.165) is 35.6 Å². The van der Waals surface area contributed by atoms with Crippen molar-refractivity contribution >= 4 is 12.0 Å². The molecule has 0 saturated heterocycles. The van der Waals surface area contributed by atoms with E-state index in [0.29, 0.717) is 13.1 Å². The smallest absolute Gasteiger partial charge is 0.244 e. The molecule has 0 atom stereocenters. The summed E-state index contributed by atoms with van der Waals surface area (Å²) in [5.74, 6) is -0.836. The number of carbonyl (C=O) groups is 1. The summed E-state index contributed by atoms with van der Waals surface area (Å²) in [6.07, 6.45) is 7.46. The molecule has 0 fully saturated rings. The van der Waals surface area contributed by atoms with Crippen LogP contribution in [0.3, 0.4) is 0 Å². The van der Waals surface area contributed by atoms with Gasteiger partial charge >= 0.3 is 0 Å². The van der Waals surface area contributed by atoms with Gasteiger partial charge in [0, 0.05) is 24.4 Å². The van der Waals surface area contributed by atoms with Crippen LogP contribution in [0.25, 0.3) is 17.4 Å². The Kier molecular flexibility index (Phi) is 5.03. The van der Waals surface area contributed by atoms with E-state index in [2.05, 4.69) is 10.4 Å². The molecule has 128 valence electrons. The number of aromatic nitrogens is 2. The van der Waals surface area contributed by atoms with Crippen LogP contribution in [0.4, 0.5) is 8.78 Å². The number of nitrogens with one attached hydrogen (secondary N) is 1. The minimum absolute atomic E-state index is 0.0188. The van der Waals surface area contributed by atoms with Crippen LogP contribution in [0.1, 0.15) is 5.56 Å². The van der Waals surface area contributed by atoms with Crippen molar-refractivity contribution in [1.82, 2.24) is 15.1 Å². The number of hydrogen-bond donors (Lipinski definition) is 1. The van der Waals surface area contributed by atoms with Crippen molar-refractivity contribution in [3.05, 3.63) is 72.3 Å². The minimum Gasteiger partial charge on any atom is -0.464 e. The molecule has 5 nitrogen and oxygen atoms in total. The zero-order valence-electron chi connectivity index (χ0n) is 13.2. The number of benzene rings is 1. The number of amides is 1. The maximum absolute atomic E-state index is 13.4. The fourth-order valence-corrected chi connectivity index (χ4v) is 2.22. The van der Waals surface area contributed by atoms with Crippen molar-refractivity contribution in [2.45, 2.75) is 6.54 Å². The molecule has 2 aromatic heterocycles. The Labute approximate surface area is 142 Å². The molecule has 1 aromatic carbocycles. The Bertz CT molecular complexity index is 886. The third-order valence-electron chi connectivity index (χ3n) is 3.45. The molecule has 3 aromatic rings. The highest BCUT2D eigenvalue weighted by Crippen LogP contribution is 2.18. The van der Waals surface area contributed by atoms with Crippen LogP contribution in [0.2, 0.25) is 0 Å². The normalized spacial score (nSPS) is 11.1. The van der Waals surface area contributed by atoms with Gasteiger partial charge in [-0.15, -0.1) is 0 Å². The Hall–Kier alpha value is -3.22. The Morgan fingerprint density at radius 1 is 1.32 bits per heavy atom. The first-order chi connectivity index (χ1) is 12.1. The average molecular weight is 343 g/mol. The summed E-state index contributed by atoms with van der Waals surface area (Å²) < 4.78 is 33.4. The van der Waals surface area contributed by atoms with Gasteiger partial charge in [-0.2, -0.15) is 5.10 Å². The van der Waals surface area contributed by atoms with Crippen molar-refractivity contribution in [1.29, 1.82) is 0 Å². The fourth-order valence-electron chi connectivity index (χ4n) is 2.22. The second-order valence-corrected chi connectivity index (χ2v) is 5.26. The van der Waals surface area contributed by atoms with Crippen LogP contribution >= 0.6 is 0 Å². The fraction of sp³-hybridized carbons (Fsp3) is 0.111. The third-order valence-corrected chi connectivity index (χ3v) is 3.45. The molecule has 0 saturated carbocycles. The van der Waals surface area contributed by atoms with E-state index in [9.17, 15) is 13.6 Å². The zero-order valence-corrected chi connectivity index (χ0v) is 13.2. The van der Waals surface area contributed by atoms with Crippen LogP contribution in [0.15, 0.2) is 59.5 Å². The minimum atomic E-state index is -0.590. The number of rotatable bonds is 6. The number of carbonyl (C=O) groups excluding carboxylic acids is 1. The zero-order chi connectivity index (χ0) is 17.6. The summed E-state index contributed by atoms with van der Waals surface area (Å²) in [6, 6.07) is 6.69. The van der Waals surface area contributed by atoms with Gasteiger partial charge in [0.15, 0.2) is 0 Å². The number of halogens is 2. The average Bonchev–Trinajstić information content (AvgIpc) is 3.27. The highest BCUT2D eigenvalue weighted by atomic mass is 19.1. The summed E-state index contributed by atoms with van der Waals surface area (Å²) in [5.41, 5.74) is 0.864. The van der Waals surface area contributed by atoms with Gasteiger partial charge in [-0.05, 0) is 36.4 Å². The molecule has 0 radical (unpaired) electrons. The molecule has 0 unspecified atom stereocenters. The van der Waals surface area contributed by atoms with Crippen molar-refractivity contribution in [3.63, 3.8) is 0 Å². The molecule has 1 amide bonds. The lowest BCUT2D eigenvalue weighted by Crippen LogP contribution is -2.25. The number of nitrogens with zero attached hydrogens (tertiary/aromatic N) is 2. The van der Waals surface area contributed by atoms with Crippen molar-refractivity contribution in [2.24, 2.45) is 0 Å². The lowest BCUT2D eigenvalue weighted by atomic mass is 10.2. The molecule has 0 spiro atoms. The highest BCUT2D eigenvalue weighted by molar-refractivity contribution is 5.91. The maximum atomic E-state index is 13.4. The molecule has 1 N–H and O–H groups in total. The van der Waals surface area contributed by atoms with Crippen LogP contribution in [-0.4, -0.2) is 22.2 Å². The summed E-state index contributed by atoms with van der Waals surface area (Å²) in [6.45, 7) is 0.808. The molecule has 0 bridgehead atoms. The van der Waals surface area contributed by atoms with Gasteiger partial charge in [-0.3, -0.25) is 9.48 Å². The third kappa shape index (κ3) is 4.41. The number of hydrogen-bond acceptors (Lipinski definition) is 3. The Morgan fingerprint density at radius 2 is 2.20 bits per heavy atom. The van der Waals surface area contributed by atoms with Gasteiger partial charge in [-0.1, -0.05) is 0 Å². The summed E-state index contributed by atoms with van der Waals surface area (Å²) in [5, 5.41) is 6.83. The van der Waals surface area contributed by atoms with Crippen molar-refractivity contribution < 1.29 is 18.0 Å². The van der Waals surface area contributed by atoms with E-state index < -0.39 is 17.5 Å². The van der Waals surface area contributed by atoms with E-state index in [1.807, 2.05) is 12.3 Å². The molecule has 25 heavy (non-hydrogen) atoms. The van der Waals surface area contributed by atoms with Gasteiger partial charge in [-0.25, -0.2) is 8.78 Å². The Morgan fingerprint density at radius 3 is 3.00 bits per heavy atom. The molecule has 2 heterocycles. The maximum Gasteiger partial charge on any atom is 0.244 e. The second-order valence-electron chi connectivity index (χ2n) is 5.26. The first-order valence-corrected chi connectivity index (χ1v) is 7.59. The monoisotopic (exact) mass is 343 g/mol. The van der Waals surface area contributed by atoms with Gasteiger partial charge < -0.3 is 9.73 Å². The Balaban J connectivity index is 1.49.